The highest BCUT2D eigenvalue weighted by Gasteiger charge is 2.30. The van der Waals surface area contributed by atoms with Crippen LogP contribution in [0.4, 0.5) is 5.88 Å². The lowest BCUT2D eigenvalue weighted by Crippen LogP contribution is -2.21. The van der Waals surface area contributed by atoms with E-state index in [9.17, 15) is 8.42 Å². The Labute approximate surface area is 189 Å². The lowest BCUT2D eigenvalue weighted by molar-refractivity contribution is 0.169. The molecule has 0 aliphatic carbocycles. The molecule has 1 aliphatic rings. The summed E-state index contributed by atoms with van der Waals surface area (Å²) in [6, 6.07) is 15.7. The SMILES string of the molecule is Cc1noc(N2C=COC2c2ccc(-c3ccccc3)c(CS(=O)(=O)CC(C)C)c2)c1C. The third-order valence-corrected chi connectivity index (χ3v) is 7.44. The molecule has 1 aliphatic heterocycles. The minimum atomic E-state index is -3.27. The zero-order valence-electron chi connectivity index (χ0n) is 18.8. The van der Waals surface area contributed by atoms with Crippen molar-refractivity contribution in [3.8, 4) is 11.1 Å². The molecule has 7 heteroatoms. The summed E-state index contributed by atoms with van der Waals surface area (Å²) in [4.78, 5) is 1.87. The highest BCUT2D eigenvalue weighted by molar-refractivity contribution is 7.90. The van der Waals surface area contributed by atoms with Crippen molar-refractivity contribution in [2.45, 2.75) is 39.7 Å². The predicted octanol–water partition coefficient (Wildman–Crippen LogP) is 5.54. The molecule has 0 saturated carbocycles. The molecule has 0 saturated heterocycles. The van der Waals surface area contributed by atoms with Gasteiger partial charge in [-0.05, 0) is 42.5 Å². The van der Waals surface area contributed by atoms with Gasteiger partial charge in [0.15, 0.2) is 9.84 Å². The maximum absolute atomic E-state index is 12.9. The quantitative estimate of drug-likeness (QED) is 0.469. The van der Waals surface area contributed by atoms with Crippen molar-refractivity contribution < 1.29 is 17.7 Å². The van der Waals surface area contributed by atoms with Gasteiger partial charge in [0.1, 0.15) is 6.26 Å². The zero-order chi connectivity index (χ0) is 22.9. The fourth-order valence-electron chi connectivity index (χ4n) is 3.97. The number of hydrogen-bond acceptors (Lipinski definition) is 6. The fraction of sp³-hybridized carbons (Fsp3) is 0.320. The zero-order valence-corrected chi connectivity index (χ0v) is 19.6. The van der Waals surface area contributed by atoms with Gasteiger partial charge in [0.25, 0.3) is 0 Å². The topological polar surface area (TPSA) is 72.6 Å². The lowest BCUT2D eigenvalue weighted by atomic mass is 9.97. The molecule has 0 spiro atoms. The van der Waals surface area contributed by atoms with Gasteiger partial charge in [-0.3, -0.25) is 4.90 Å². The second kappa shape index (κ2) is 8.82. The molecule has 3 aromatic rings. The summed E-state index contributed by atoms with van der Waals surface area (Å²) in [5.41, 5.74) is 5.25. The third-order valence-electron chi connectivity index (χ3n) is 5.51. The van der Waals surface area contributed by atoms with Crippen molar-refractivity contribution in [1.29, 1.82) is 0 Å². The van der Waals surface area contributed by atoms with Gasteiger partial charge in [-0.15, -0.1) is 0 Å². The summed E-state index contributed by atoms with van der Waals surface area (Å²) in [5, 5.41) is 4.05. The van der Waals surface area contributed by atoms with Gasteiger partial charge in [-0.2, -0.15) is 0 Å². The molecule has 0 amide bonds. The average Bonchev–Trinajstić information content (AvgIpc) is 3.34. The summed E-state index contributed by atoms with van der Waals surface area (Å²) < 4.78 is 37.2. The van der Waals surface area contributed by atoms with Gasteiger partial charge in [0, 0.05) is 17.3 Å². The molecule has 4 rings (SSSR count). The third kappa shape index (κ3) is 4.58. The largest absolute Gasteiger partial charge is 0.472 e. The van der Waals surface area contributed by atoms with Crippen LogP contribution in [0.3, 0.4) is 0 Å². The molecular weight excluding hydrogens is 424 g/mol. The normalized spacial score (nSPS) is 16.0. The van der Waals surface area contributed by atoms with Gasteiger partial charge < -0.3 is 9.26 Å². The van der Waals surface area contributed by atoms with Gasteiger partial charge in [0.05, 0.1) is 17.2 Å². The smallest absolute Gasteiger partial charge is 0.237 e. The summed E-state index contributed by atoms with van der Waals surface area (Å²) in [5.74, 6) is 0.806. The van der Waals surface area contributed by atoms with E-state index in [0.717, 1.165) is 33.5 Å². The first kappa shape index (κ1) is 22.1. The Balaban J connectivity index is 1.75. The number of sulfone groups is 1. The van der Waals surface area contributed by atoms with E-state index in [4.69, 9.17) is 9.26 Å². The molecule has 0 bridgehead atoms. The summed E-state index contributed by atoms with van der Waals surface area (Å²) in [7, 11) is -3.27. The predicted molar refractivity (Wildman–Crippen MR) is 126 cm³/mol. The number of aryl methyl sites for hydroxylation is 1. The van der Waals surface area contributed by atoms with Crippen LogP contribution in [0.25, 0.3) is 11.1 Å². The van der Waals surface area contributed by atoms with Crippen molar-refractivity contribution in [2.75, 3.05) is 10.7 Å². The number of anilines is 1. The molecular formula is C25H28N2O4S. The van der Waals surface area contributed by atoms with Crippen LogP contribution in [0.1, 0.15) is 42.5 Å². The van der Waals surface area contributed by atoms with E-state index in [0.29, 0.717) is 5.88 Å². The Kier molecular flexibility index (Phi) is 6.11. The van der Waals surface area contributed by atoms with Crippen molar-refractivity contribution >= 4 is 15.7 Å². The highest BCUT2D eigenvalue weighted by atomic mass is 32.2. The Morgan fingerprint density at radius 2 is 1.84 bits per heavy atom. The molecule has 1 aromatic heterocycles. The minimum absolute atomic E-state index is 0.0240. The molecule has 2 aromatic carbocycles. The van der Waals surface area contributed by atoms with Crippen LogP contribution in [0, 0.1) is 19.8 Å². The Morgan fingerprint density at radius 3 is 2.50 bits per heavy atom. The Morgan fingerprint density at radius 1 is 1.09 bits per heavy atom. The van der Waals surface area contributed by atoms with Gasteiger partial charge in [-0.25, -0.2) is 8.42 Å². The first-order valence-electron chi connectivity index (χ1n) is 10.7. The number of aromatic nitrogens is 1. The van der Waals surface area contributed by atoms with Crippen LogP contribution >= 0.6 is 0 Å². The van der Waals surface area contributed by atoms with E-state index >= 15 is 0 Å². The van der Waals surface area contributed by atoms with Crippen LogP contribution < -0.4 is 4.90 Å². The van der Waals surface area contributed by atoms with E-state index in [-0.39, 0.29) is 17.4 Å². The Bertz CT molecular complexity index is 1230. The van der Waals surface area contributed by atoms with E-state index in [2.05, 4.69) is 5.16 Å². The number of ether oxygens (including phenoxy) is 1. The molecule has 0 N–H and O–H groups in total. The number of rotatable bonds is 7. The van der Waals surface area contributed by atoms with Crippen molar-refractivity contribution in [3.05, 3.63) is 83.4 Å². The molecule has 0 fully saturated rings. The summed E-state index contributed by atoms with van der Waals surface area (Å²) in [6.45, 7) is 7.69. The summed E-state index contributed by atoms with van der Waals surface area (Å²) >= 11 is 0. The molecule has 32 heavy (non-hydrogen) atoms. The minimum Gasteiger partial charge on any atom is -0.472 e. The van der Waals surface area contributed by atoms with Gasteiger partial charge in [-0.1, -0.05) is 61.5 Å². The molecule has 6 nitrogen and oxygen atoms in total. The molecule has 0 radical (unpaired) electrons. The van der Waals surface area contributed by atoms with Crippen molar-refractivity contribution in [2.24, 2.45) is 5.92 Å². The molecule has 2 heterocycles. The lowest BCUT2D eigenvalue weighted by Gasteiger charge is -2.23. The number of nitrogens with zero attached hydrogens (tertiary/aromatic N) is 2. The fourth-order valence-corrected chi connectivity index (χ4v) is 5.81. The van der Waals surface area contributed by atoms with Crippen LogP contribution in [-0.4, -0.2) is 19.3 Å². The van der Waals surface area contributed by atoms with Crippen molar-refractivity contribution in [3.63, 3.8) is 0 Å². The first-order chi connectivity index (χ1) is 15.2. The maximum Gasteiger partial charge on any atom is 0.237 e. The standard InChI is InChI=1S/C25H28N2O4S/c1-17(2)15-32(28,29)16-22-14-21(10-11-23(22)20-8-6-5-7-9-20)25-27(12-13-30-25)24-18(3)19(4)26-31-24/h5-14,17,25H,15-16H2,1-4H3. The van der Waals surface area contributed by atoms with Crippen LogP contribution in [-0.2, 0) is 20.3 Å². The van der Waals surface area contributed by atoms with Crippen LogP contribution in [0.2, 0.25) is 0 Å². The van der Waals surface area contributed by atoms with E-state index in [1.807, 2.05) is 81.1 Å². The van der Waals surface area contributed by atoms with E-state index in [1.54, 1.807) is 12.5 Å². The first-order valence-corrected chi connectivity index (χ1v) is 12.5. The van der Waals surface area contributed by atoms with Gasteiger partial charge >= 0.3 is 0 Å². The second-order valence-corrected chi connectivity index (χ2v) is 10.7. The number of hydrogen-bond donors (Lipinski definition) is 0. The van der Waals surface area contributed by atoms with E-state index in [1.165, 1.54) is 0 Å². The van der Waals surface area contributed by atoms with Crippen LogP contribution in [0.5, 0.6) is 0 Å². The van der Waals surface area contributed by atoms with Crippen LogP contribution in [0.15, 0.2) is 65.5 Å². The average molecular weight is 453 g/mol. The number of benzene rings is 2. The van der Waals surface area contributed by atoms with E-state index < -0.39 is 16.1 Å². The molecule has 1 atom stereocenters. The summed E-state index contributed by atoms with van der Waals surface area (Å²) in [6.07, 6.45) is 2.96. The molecule has 1 unspecified atom stereocenters. The monoisotopic (exact) mass is 452 g/mol. The maximum atomic E-state index is 12.9. The van der Waals surface area contributed by atoms with Crippen molar-refractivity contribution in [1.82, 2.24) is 5.16 Å². The highest BCUT2D eigenvalue weighted by Crippen LogP contribution is 2.37. The van der Waals surface area contributed by atoms with Gasteiger partial charge in [0.2, 0.25) is 12.1 Å². The second-order valence-electron chi connectivity index (χ2n) is 8.61. The Hall–Kier alpha value is -3.06. The molecule has 168 valence electrons.